The molecule has 20 heavy (non-hydrogen) atoms. The Labute approximate surface area is 119 Å². The molecule has 1 aromatic heterocycles. The molecule has 0 bridgehead atoms. The van der Waals surface area contributed by atoms with Crippen LogP contribution in [0.2, 0.25) is 0 Å². The summed E-state index contributed by atoms with van der Waals surface area (Å²) < 4.78 is 0. The molecule has 2 rings (SSSR count). The fraction of sp³-hybridized carbons (Fsp3) is 0.312. The first-order chi connectivity index (χ1) is 9.52. The average Bonchev–Trinajstić information content (AvgIpc) is 2.38. The molecule has 0 aliphatic rings. The molecule has 0 radical (unpaired) electrons. The van der Waals surface area contributed by atoms with E-state index in [1.165, 1.54) is 0 Å². The maximum Gasteiger partial charge on any atom is 0.259 e. The number of para-hydroxylation sites is 1. The van der Waals surface area contributed by atoms with Crippen LogP contribution >= 0.6 is 0 Å². The summed E-state index contributed by atoms with van der Waals surface area (Å²) in [7, 11) is 0. The number of amides is 1. The van der Waals surface area contributed by atoms with Crippen molar-refractivity contribution in [2.75, 3.05) is 5.32 Å². The number of aromatic nitrogens is 2. The van der Waals surface area contributed by atoms with E-state index < -0.39 is 0 Å². The van der Waals surface area contributed by atoms with Gasteiger partial charge in [0, 0.05) is 5.69 Å². The molecule has 0 aliphatic heterocycles. The number of carbonyl (C=O) groups is 1. The standard InChI is InChI=1S/C16H19N3O/c1-5-13-8-6-7-9-14(13)19-16(20)15-10(2)17-12(4)18-11(15)3/h6-9H,5H2,1-4H3,(H,19,20). The van der Waals surface area contributed by atoms with E-state index >= 15 is 0 Å². The zero-order valence-electron chi connectivity index (χ0n) is 12.3. The third-order valence-electron chi connectivity index (χ3n) is 3.26. The van der Waals surface area contributed by atoms with Crippen molar-refractivity contribution in [3.63, 3.8) is 0 Å². The second-order valence-corrected chi connectivity index (χ2v) is 4.78. The number of hydrogen-bond donors (Lipinski definition) is 1. The summed E-state index contributed by atoms with van der Waals surface area (Å²) in [6.07, 6.45) is 0.874. The number of hydrogen-bond acceptors (Lipinski definition) is 3. The molecular weight excluding hydrogens is 250 g/mol. The molecule has 0 saturated carbocycles. The molecule has 1 amide bonds. The summed E-state index contributed by atoms with van der Waals surface area (Å²) in [5, 5.41) is 2.96. The minimum Gasteiger partial charge on any atom is -0.322 e. The highest BCUT2D eigenvalue weighted by Crippen LogP contribution is 2.18. The van der Waals surface area contributed by atoms with Crippen molar-refractivity contribution < 1.29 is 4.79 Å². The molecule has 0 aliphatic carbocycles. The van der Waals surface area contributed by atoms with Crippen LogP contribution in [0.25, 0.3) is 0 Å². The van der Waals surface area contributed by atoms with Crippen molar-refractivity contribution in [2.45, 2.75) is 34.1 Å². The Morgan fingerprint density at radius 2 is 1.70 bits per heavy atom. The lowest BCUT2D eigenvalue weighted by molar-refractivity contribution is 0.102. The number of nitrogens with one attached hydrogen (secondary N) is 1. The summed E-state index contributed by atoms with van der Waals surface area (Å²) in [6.45, 7) is 7.56. The summed E-state index contributed by atoms with van der Waals surface area (Å²) in [4.78, 5) is 21.0. The fourth-order valence-corrected chi connectivity index (χ4v) is 2.35. The highest BCUT2D eigenvalue weighted by Gasteiger charge is 2.16. The molecule has 0 unspecified atom stereocenters. The van der Waals surface area contributed by atoms with Crippen LogP contribution in [0.5, 0.6) is 0 Å². The molecule has 104 valence electrons. The molecule has 0 spiro atoms. The van der Waals surface area contributed by atoms with Gasteiger partial charge >= 0.3 is 0 Å². The molecular formula is C16H19N3O. The van der Waals surface area contributed by atoms with Gasteiger partial charge in [-0.1, -0.05) is 25.1 Å². The highest BCUT2D eigenvalue weighted by molar-refractivity contribution is 6.06. The number of nitrogens with zero attached hydrogens (tertiary/aromatic N) is 2. The molecule has 4 heteroatoms. The summed E-state index contributed by atoms with van der Waals surface area (Å²) in [6, 6.07) is 7.82. The van der Waals surface area contributed by atoms with Crippen LogP contribution in [0.4, 0.5) is 5.69 Å². The van der Waals surface area contributed by atoms with Crippen LogP contribution in [0.15, 0.2) is 24.3 Å². The first-order valence-electron chi connectivity index (χ1n) is 6.74. The van der Waals surface area contributed by atoms with Gasteiger partial charge < -0.3 is 5.32 Å². The van der Waals surface area contributed by atoms with Gasteiger partial charge in [-0.2, -0.15) is 0 Å². The number of aryl methyl sites for hydroxylation is 4. The van der Waals surface area contributed by atoms with Gasteiger partial charge in [-0.3, -0.25) is 4.79 Å². The maximum atomic E-state index is 12.4. The SMILES string of the molecule is CCc1ccccc1NC(=O)c1c(C)nc(C)nc1C. The molecule has 0 saturated heterocycles. The topological polar surface area (TPSA) is 54.9 Å². The second-order valence-electron chi connectivity index (χ2n) is 4.78. The Bertz CT molecular complexity index is 627. The second kappa shape index (κ2) is 5.82. The Morgan fingerprint density at radius 3 is 2.30 bits per heavy atom. The average molecular weight is 269 g/mol. The van der Waals surface area contributed by atoms with Crippen LogP contribution in [-0.4, -0.2) is 15.9 Å². The number of benzene rings is 1. The van der Waals surface area contributed by atoms with E-state index in [0.29, 0.717) is 22.8 Å². The highest BCUT2D eigenvalue weighted by atomic mass is 16.1. The van der Waals surface area contributed by atoms with E-state index in [2.05, 4.69) is 22.2 Å². The molecule has 2 aromatic rings. The molecule has 1 aromatic carbocycles. The molecule has 1 N–H and O–H groups in total. The predicted octanol–water partition coefficient (Wildman–Crippen LogP) is 3.22. The third kappa shape index (κ3) is 2.85. The molecule has 1 heterocycles. The lowest BCUT2D eigenvalue weighted by Gasteiger charge is -2.12. The van der Waals surface area contributed by atoms with Crippen molar-refractivity contribution >= 4 is 11.6 Å². The zero-order chi connectivity index (χ0) is 14.7. The Balaban J connectivity index is 2.34. The van der Waals surface area contributed by atoms with Crippen molar-refractivity contribution in [2.24, 2.45) is 0 Å². The summed E-state index contributed by atoms with van der Waals surface area (Å²) in [5.41, 5.74) is 3.94. The van der Waals surface area contributed by atoms with Crippen LogP contribution < -0.4 is 5.32 Å². The lowest BCUT2D eigenvalue weighted by Crippen LogP contribution is -2.18. The molecule has 0 fully saturated rings. The van der Waals surface area contributed by atoms with E-state index in [1.54, 1.807) is 0 Å². The normalized spacial score (nSPS) is 10.4. The number of rotatable bonds is 3. The fourth-order valence-electron chi connectivity index (χ4n) is 2.35. The van der Waals surface area contributed by atoms with Crippen LogP contribution in [0.3, 0.4) is 0 Å². The first kappa shape index (κ1) is 14.2. The minimum absolute atomic E-state index is 0.152. The van der Waals surface area contributed by atoms with Gasteiger partial charge in [-0.15, -0.1) is 0 Å². The smallest absolute Gasteiger partial charge is 0.259 e. The third-order valence-corrected chi connectivity index (χ3v) is 3.26. The molecule has 4 nitrogen and oxygen atoms in total. The van der Waals surface area contributed by atoms with Crippen molar-refractivity contribution in [1.82, 2.24) is 9.97 Å². The largest absolute Gasteiger partial charge is 0.322 e. The first-order valence-corrected chi connectivity index (χ1v) is 6.74. The number of carbonyl (C=O) groups excluding carboxylic acids is 1. The maximum absolute atomic E-state index is 12.4. The zero-order valence-corrected chi connectivity index (χ0v) is 12.3. The van der Waals surface area contributed by atoms with Gasteiger partial charge in [-0.25, -0.2) is 9.97 Å². The van der Waals surface area contributed by atoms with E-state index in [9.17, 15) is 4.79 Å². The monoisotopic (exact) mass is 269 g/mol. The predicted molar refractivity (Wildman–Crippen MR) is 80.0 cm³/mol. The van der Waals surface area contributed by atoms with E-state index in [-0.39, 0.29) is 5.91 Å². The summed E-state index contributed by atoms with van der Waals surface area (Å²) in [5.74, 6) is 0.534. The minimum atomic E-state index is -0.152. The number of anilines is 1. The van der Waals surface area contributed by atoms with Crippen molar-refractivity contribution in [1.29, 1.82) is 0 Å². The van der Waals surface area contributed by atoms with Crippen LogP contribution in [-0.2, 0) is 6.42 Å². The quantitative estimate of drug-likeness (QED) is 0.930. The van der Waals surface area contributed by atoms with E-state index in [4.69, 9.17) is 0 Å². The summed E-state index contributed by atoms with van der Waals surface area (Å²) >= 11 is 0. The Morgan fingerprint density at radius 1 is 1.10 bits per heavy atom. The Kier molecular flexibility index (Phi) is 4.13. The van der Waals surface area contributed by atoms with Gasteiger partial charge in [-0.05, 0) is 38.8 Å². The van der Waals surface area contributed by atoms with Crippen LogP contribution in [0, 0.1) is 20.8 Å². The van der Waals surface area contributed by atoms with E-state index in [1.807, 2.05) is 45.0 Å². The van der Waals surface area contributed by atoms with Crippen molar-refractivity contribution in [3.05, 3.63) is 52.6 Å². The lowest BCUT2D eigenvalue weighted by atomic mass is 10.1. The van der Waals surface area contributed by atoms with Gasteiger partial charge in [0.05, 0.1) is 17.0 Å². The van der Waals surface area contributed by atoms with Crippen LogP contribution in [0.1, 0.15) is 40.1 Å². The Hall–Kier alpha value is -2.23. The van der Waals surface area contributed by atoms with Crippen molar-refractivity contribution in [3.8, 4) is 0 Å². The van der Waals surface area contributed by atoms with Gasteiger partial charge in [0.2, 0.25) is 0 Å². The molecule has 0 atom stereocenters. The van der Waals surface area contributed by atoms with Gasteiger partial charge in [0.25, 0.3) is 5.91 Å². The van der Waals surface area contributed by atoms with Gasteiger partial charge in [0.1, 0.15) is 5.82 Å². The van der Waals surface area contributed by atoms with Gasteiger partial charge in [0.15, 0.2) is 0 Å². The van der Waals surface area contributed by atoms with E-state index in [0.717, 1.165) is 17.7 Å².